The molecule has 0 aliphatic heterocycles. The Kier molecular flexibility index (Phi) is 24.7. The Morgan fingerprint density at radius 1 is 0.606 bits per heavy atom. The predicted octanol–water partition coefficient (Wildman–Crippen LogP) is 0.972. The SMILES string of the molecule is NCCOCCOCCNCc1ccc[cH-]1.NCCOCCOCCNCc1ccc[cH-]1.[Fe+2]. The molecule has 0 atom stereocenters. The van der Waals surface area contributed by atoms with E-state index in [1.807, 2.05) is 24.3 Å². The molecule has 0 bridgehead atoms. The van der Waals surface area contributed by atoms with Gasteiger partial charge in [0, 0.05) is 26.2 Å². The van der Waals surface area contributed by atoms with Gasteiger partial charge in [0.25, 0.3) is 0 Å². The summed E-state index contributed by atoms with van der Waals surface area (Å²) < 4.78 is 21.1. The summed E-state index contributed by atoms with van der Waals surface area (Å²) >= 11 is 0. The Morgan fingerprint density at radius 2 is 1.00 bits per heavy atom. The second-order valence-electron chi connectivity index (χ2n) is 6.97. The molecule has 2 rings (SSSR count). The van der Waals surface area contributed by atoms with E-state index >= 15 is 0 Å². The molecule has 0 aliphatic carbocycles. The molecule has 0 fully saturated rings. The van der Waals surface area contributed by atoms with Crippen LogP contribution < -0.4 is 22.1 Å². The molecule has 2 aromatic rings. The second-order valence-corrected chi connectivity index (χ2v) is 6.97. The molecule has 2 aromatic carbocycles. The van der Waals surface area contributed by atoms with Crippen LogP contribution in [0, 0.1) is 0 Å². The van der Waals surface area contributed by atoms with Gasteiger partial charge in [0.05, 0.1) is 52.9 Å². The minimum absolute atomic E-state index is 0. The number of rotatable bonds is 20. The van der Waals surface area contributed by atoms with E-state index in [1.54, 1.807) is 0 Å². The van der Waals surface area contributed by atoms with Crippen molar-refractivity contribution in [2.24, 2.45) is 11.5 Å². The van der Waals surface area contributed by atoms with Crippen LogP contribution in [0.1, 0.15) is 11.1 Å². The van der Waals surface area contributed by atoms with Gasteiger partial charge in [0.1, 0.15) is 0 Å². The van der Waals surface area contributed by atoms with Crippen molar-refractivity contribution in [2.75, 3.05) is 79.0 Å². The Morgan fingerprint density at radius 3 is 1.33 bits per heavy atom. The van der Waals surface area contributed by atoms with E-state index in [0.29, 0.717) is 65.9 Å². The minimum Gasteiger partial charge on any atom is -0.378 e. The van der Waals surface area contributed by atoms with Gasteiger partial charge >= 0.3 is 17.1 Å². The molecule has 0 aliphatic rings. The van der Waals surface area contributed by atoms with Gasteiger partial charge in [-0.2, -0.15) is 35.4 Å². The summed E-state index contributed by atoms with van der Waals surface area (Å²) in [7, 11) is 0. The van der Waals surface area contributed by atoms with Gasteiger partial charge < -0.3 is 41.0 Å². The van der Waals surface area contributed by atoms with Crippen LogP contribution in [0.3, 0.4) is 0 Å². The third-order valence-electron chi connectivity index (χ3n) is 4.24. The molecule has 9 heteroatoms. The third kappa shape index (κ3) is 21.2. The van der Waals surface area contributed by atoms with Crippen LogP contribution in [-0.2, 0) is 49.1 Å². The van der Waals surface area contributed by atoms with Gasteiger partial charge in [0.15, 0.2) is 0 Å². The monoisotopic (exact) mass is 506 g/mol. The van der Waals surface area contributed by atoms with Crippen LogP contribution in [0.15, 0.2) is 48.5 Å². The summed E-state index contributed by atoms with van der Waals surface area (Å²) in [6, 6.07) is 16.6. The first-order chi connectivity index (χ1) is 15.9. The van der Waals surface area contributed by atoms with Gasteiger partial charge in [-0.25, -0.2) is 24.3 Å². The molecule has 0 amide bonds. The van der Waals surface area contributed by atoms with E-state index in [0.717, 1.165) is 26.2 Å². The Bertz CT molecular complexity index is 533. The summed E-state index contributed by atoms with van der Waals surface area (Å²) in [6.07, 6.45) is 0. The van der Waals surface area contributed by atoms with Gasteiger partial charge in [0.2, 0.25) is 0 Å². The van der Waals surface area contributed by atoms with E-state index < -0.39 is 0 Å². The van der Waals surface area contributed by atoms with E-state index in [1.165, 1.54) is 11.1 Å². The molecule has 0 spiro atoms. The maximum atomic E-state index is 5.37. The number of hydrogen-bond acceptors (Lipinski definition) is 8. The average Bonchev–Trinajstić information content (AvgIpc) is 3.52. The zero-order valence-corrected chi connectivity index (χ0v) is 20.8. The molecular weight excluding hydrogens is 464 g/mol. The molecular formula is C24H42FeN4O4. The number of nitrogens with two attached hydrogens (primary N) is 2. The van der Waals surface area contributed by atoms with Crippen molar-refractivity contribution in [3.05, 3.63) is 59.7 Å². The molecule has 0 saturated heterocycles. The Hall–Kier alpha value is -1.10. The zero-order valence-electron chi connectivity index (χ0n) is 19.7. The molecule has 190 valence electrons. The predicted molar refractivity (Wildman–Crippen MR) is 129 cm³/mol. The van der Waals surface area contributed by atoms with E-state index in [4.69, 9.17) is 30.4 Å². The maximum Gasteiger partial charge on any atom is 2.00 e. The summed E-state index contributed by atoms with van der Waals surface area (Å²) in [4.78, 5) is 0. The first-order valence-electron chi connectivity index (χ1n) is 11.4. The first-order valence-corrected chi connectivity index (χ1v) is 11.4. The second kappa shape index (κ2) is 25.5. The van der Waals surface area contributed by atoms with E-state index in [9.17, 15) is 0 Å². The van der Waals surface area contributed by atoms with Gasteiger partial charge in [-0.15, -0.1) is 0 Å². The average molecular weight is 506 g/mol. The molecule has 0 aromatic heterocycles. The van der Waals surface area contributed by atoms with Crippen LogP contribution in [0.25, 0.3) is 0 Å². The summed E-state index contributed by atoms with van der Waals surface area (Å²) in [5.74, 6) is 0. The third-order valence-corrected chi connectivity index (χ3v) is 4.24. The smallest absolute Gasteiger partial charge is 0.378 e. The number of nitrogens with one attached hydrogen (secondary N) is 2. The number of ether oxygens (including phenoxy) is 4. The normalized spacial score (nSPS) is 10.5. The first kappa shape index (κ1) is 31.9. The van der Waals surface area contributed by atoms with E-state index in [2.05, 4.69) is 34.9 Å². The van der Waals surface area contributed by atoms with Crippen molar-refractivity contribution in [3.8, 4) is 0 Å². The molecule has 33 heavy (non-hydrogen) atoms. The van der Waals surface area contributed by atoms with Crippen LogP contribution in [0.5, 0.6) is 0 Å². The molecule has 8 nitrogen and oxygen atoms in total. The number of hydrogen-bond donors (Lipinski definition) is 4. The Balaban J connectivity index is 0.000000602. The van der Waals surface area contributed by atoms with Crippen molar-refractivity contribution < 1.29 is 36.0 Å². The molecule has 0 radical (unpaired) electrons. The zero-order chi connectivity index (χ0) is 23.0. The maximum absolute atomic E-state index is 5.37. The Labute approximate surface area is 209 Å². The molecule has 0 unspecified atom stereocenters. The quantitative estimate of drug-likeness (QED) is 0.119. The molecule has 0 saturated carbocycles. The van der Waals surface area contributed by atoms with Crippen molar-refractivity contribution in [2.45, 2.75) is 13.1 Å². The van der Waals surface area contributed by atoms with Gasteiger partial charge in [-0.05, 0) is 13.1 Å². The summed E-state index contributed by atoms with van der Waals surface area (Å²) in [6.45, 7) is 9.85. The van der Waals surface area contributed by atoms with Crippen molar-refractivity contribution in [3.63, 3.8) is 0 Å². The van der Waals surface area contributed by atoms with E-state index in [-0.39, 0.29) is 17.1 Å². The van der Waals surface area contributed by atoms with Crippen LogP contribution in [-0.4, -0.2) is 79.0 Å². The van der Waals surface area contributed by atoms with Crippen LogP contribution in [0.2, 0.25) is 0 Å². The van der Waals surface area contributed by atoms with Gasteiger partial charge in [-0.3, -0.25) is 0 Å². The van der Waals surface area contributed by atoms with Crippen LogP contribution >= 0.6 is 0 Å². The topological polar surface area (TPSA) is 113 Å². The van der Waals surface area contributed by atoms with Gasteiger partial charge in [-0.1, -0.05) is 0 Å². The van der Waals surface area contributed by atoms with Crippen molar-refractivity contribution >= 4 is 0 Å². The fourth-order valence-corrected chi connectivity index (χ4v) is 2.63. The fourth-order valence-electron chi connectivity index (χ4n) is 2.63. The minimum atomic E-state index is 0. The molecule has 6 N–H and O–H groups in total. The van der Waals surface area contributed by atoms with Crippen molar-refractivity contribution in [1.82, 2.24) is 10.6 Å². The van der Waals surface area contributed by atoms with Crippen molar-refractivity contribution in [1.29, 1.82) is 0 Å². The fraction of sp³-hybridized carbons (Fsp3) is 0.583. The standard InChI is InChI=1S/2C12H21N2O2.Fe/c2*13-5-7-15-9-10-16-8-6-14-11-12-3-1-2-4-12;/h2*1-4,14H,5-11,13H2;/q2*-1;+2. The largest absolute Gasteiger partial charge is 2.00 e. The van der Waals surface area contributed by atoms with Crippen LogP contribution in [0.4, 0.5) is 0 Å². The summed E-state index contributed by atoms with van der Waals surface area (Å²) in [5.41, 5.74) is 13.2. The summed E-state index contributed by atoms with van der Waals surface area (Å²) in [5, 5.41) is 6.61. The molecule has 0 heterocycles.